The predicted molar refractivity (Wildman–Crippen MR) is 63.1 cm³/mol. The van der Waals surface area contributed by atoms with Crippen LogP contribution in [0.3, 0.4) is 0 Å². The van der Waals surface area contributed by atoms with Crippen molar-refractivity contribution in [3.63, 3.8) is 0 Å². The van der Waals surface area contributed by atoms with Gasteiger partial charge in [0.15, 0.2) is 0 Å². The average molecular weight is 223 g/mol. The summed E-state index contributed by atoms with van der Waals surface area (Å²) in [7, 11) is 4.18. The number of aryl methyl sites for hydroxylation is 1. The molecule has 0 aromatic carbocycles. The number of hydrogen-bond donors (Lipinski definition) is 1. The van der Waals surface area contributed by atoms with Gasteiger partial charge in [0, 0.05) is 25.3 Å². The van der Waals surface area contributed by atoms with Gasteiger partial charge in [-0.15, -0.1) is 5.10 Å². The Balaban J connectivity index is 1.68. The topological polar surface area (TPSA) is 46.0 Å². The Hall–Kier alpha value is -0.940. The van der Waals surface area contributed by atoms with E-state index in [9.17, 15) is 0 Å². The first kappa shape index (κ1) is 11.5. The number of nitrogens with one attached hydrogen (secondary N) is 1. The zero-order chi connectivity index (χ0) is 11.4. The molecule has 1 aromatic heterocycles. The van der Waals surface area contributed by atoms with E-state index in [1.54, 1.807) is 0 Å². The van der Waals surface area contributed by atoms with Crippen LogP contribution in [0.4, 0.5) is 0 Å². The van der Waals surface area contributed by atoms with Crippen molar-refractivity contribution in [3.05, 3.63) is 11.9 Å². The molecule has 1 heterocycles. The van der Waals surface area contributed by atoms with E-state index in [-0.39, 0.29) is 0 Å². The largest absolute Gasteiger partial charge is 0.309 e. The molecule has 2 rings (SSSR count). The molecule has 1 aliphatic carbocycles. The SMILES string of the molecule is CN(C)CCCn1cc(CNC2CC2)nn1. The van der Waals surface area contributed by atoms with Crippen LogP contribution in [-0.4, -0.2) is 46.6 Å². The first-order valence-electron chi connectivity index (χ1n) is 6.01. The molecular formula is C11H21N5. The van der Waals surface area contributed by atoms with E-state index in [0.717, 1.165) is 37.8 Å². The van der Waals surface area contributed by atoms with Crippen LogP contribution in [0.25, 0.3) is 0 Å². The van der Waals surface area contributed by atoms with Gasteiger partial charge in [-0.25, -0.2) is 0 Å². The molecule has 5 heteroatoms. The van der Waals surface area contributed by atoms with Gasteiger partial charge in [0.05, 0.1) is 5.69 Å². The van der Waals surface area contributed by atoms with E-state index in [2.05, 4.69) is 34.6 Å². The molecule has 0 amide bonds. The van der Waals surface area contributed by atoms with Gasteiger partial charge in [-0.3, -0.25) is 4.68 Å². The molecule has 0 unspecified atom stereocenters. The molecule has 90 valence electrons. The molecule has 1 fully saturated rings. The Bertz CT molecular complexity index is 316. The smallest absolute Gasteiger partial charge is 0.0964 e. The molecule has 1 N–H and O–H groups in total. The summed E-state index contributed by atoms with van der Waals surface area (Å²) < 4.78 is 1.94. The summed E-state index contributed by atoms with van der Waals surface area (Å²) >= 11 is 0. The zero-order valence-corrected chi connectivity index (χ0v) is 10.2. The van der Waals surface area contributed by atoms with Crippen LogP contribution in [0.2, 0.25) is 0 Å². The molecule has 5 nitrogen and oxygen atoms in total. The lowest BCUT2D eigenvalue weighted by Crippen LogP contribution is -2.15. The van der Waals surface area contributed by atoms with Crippen LogP contribution in [0.5, 0.6) is 0 Å². The maximum Gasteiger partial charge on any atom is 0.0964 e. The molecule has 0 spiro atoms. The Kier molecular flexibility index (Phi) is 3.90. The van der Waals surface area contributed by atoms with Crippen LogP contribution < -0.4 is 5.32 Å². The van der Waals surface area contributed by atoms with E-state index in [1.807, 2.05) is 10.9 Å². The molecule has 1 aromatic rings. The number of aromatic nitrogens is 3. The van der Waals surface area contributed by atoms with Crippen molar-refractivity contribution in [2.24, 2.45) is 0 Å². The fourth-order valence-electron chi connectivity index (χ4n) is 1.61. The van der Waals surface area contributed by atoms with Crippen molar-refractivity contribution in [2.45, 2.75) is 38.4 Å². The van der Waals surface area contributed by atoms with Crippen LogP contribution in [0.15, 0.2) is 6.20 Å². The molecule has 0 saturated heterocycles. The lowest BCUT2D eigenvalue weighted by atomic mass is 10.4. The zero-order valence-electron chi connectivity index (χ0n) is 10.2. The van der Waals surface area contributed by atoms with Gasteiger partial charge in [0.25, 0.3) is 0 Å². The summed E-state index contributed by atoms with van der Waals surface area (Å²) in [4.78, 5) is 2.19. The highest BCUT2D eigenvalue weighted by Gasteiger charge is 2.20. The highest BCUT2D eigenvalue weighted by molar-refractivity contribution is 4.94. The molecule has 0 atom stereocenters. The molecule has 0 aliphatic heterocycles. The second kappa shape index (κ2) is 5.41. The normalized spacial score (nSPS) is 15.9. The van der Waals surface area contributed by atoms with E-state index >= 15 is 0 Å². The quantitative estimate of drug-likeness (QED) is 0.730. The number of nitrogens with zero attached hydrogens (tertiary/aromatic N) is 4. The van der Waals surface area contributed by atoms with Gasteiger partial charge in [-0.2, -0.15) is 0 Å². The fourth-order valence-corrected chi connectivity index (χ4v) is 1.61. The average Bonchev–Trinajstić information content (AvgIpc) is 2.96. The summed E-state index contributed by atoms with van der Waals surface area (Å²) in [6, 6.07) is 0.735. The van der Waals surface area contributed by atoms with Crippen molar-refractivity contribution in [1.82, 2.24) is 25.2 Å². The lowest BCUT2D eigenvalue weighted by Gasteiger charge is -2.08. The van der Waals surface area contributed by atoms with Crippen LogP contribution in [-0.2, 0) is 13.1 Å². The Morgan fingerprint density at radius 1 is 1.50 bits per heavy atom. The summed E-state index contributed by atoms with van der Waals surface area (Å²) in [5, 5.41) is 11.7. The predicted octanol–water partition coefficient (Wildman–Crippen LogP) is 0.482. The minimum atomic E-state index is 0.735. The summed E-state index contributed by atoms with van der Waals surface area (Å²) in [5.74, 6) is 0. The molecule has 1 aliphatic rings. The standard InChI is InChI=1S/C11H21N5/c1-15(2)6-3-7-16-9-11(13-14-16)8-12-10-4-5-10/h9-10,12H,3-8H2,1-2H3. The van der Waals surface area contributed by atoms with Crippen molar-refractivity contribution < 1.29 is 0 Å². The Morgan fingerprint density at radius 2 is 2.31 bits per heavy atom. The first-order valence-corrected chi connectivity index (χ1v) is 6.01. The van der Waals surface area contributed by atoms with Gasteiger partial charge in [0.1, 0.15) is 0 Å². The van der Waals surface area contributed by atoms with E-state index in [0.29, 0.717) is 0 Å². The summed E-state index contributed by atoms with van der Waals surface area (Å²) in [6.45, 7) is 2.91. The minimum absolute atomic E-state index is 0.735. The van der Waals surface area contributed by atoms with Gasteiger partial charge in [0.2, 0.25) is 0 Å². The lowest BCUT2D eigenvalue weighted by molar-refractivity contribution is 0.379. The van der Waals surface area contributed by atoms with Gasteiger partial charge < -0.3 is 10.2 Å². The maximum atomic E-state index is 4.15. The molecule has 1 saturated carbocycles. The third-order valence-corrected chi connectivity index (χ3v) is 2.73. The van der Waals surface area contributed by atoms with Crippen molar-refractivity contribution in [1.29, 1.82) is 0 Å². The third-order valence-electron chi connectivity index (χ3n) is 2.73. The Labute approximate surface area is 96.8 Å². The number of rotatable bonds is 7. The van der Waals surface area contributed by atoms with Crippen LogP contribution >= 0.6 is 0 Å². The highest BCUT2D eigenvalue weighted by atomic mass is 15.4. The second-order valence-corrected chi connectivity index (χ2v) is 4.78. The molecule has 0 radical (unpaired) electrons. The number of hydrogen-bond acceptors (Lipinski definition) is 4. The van der Waals surface area contributed by atoms with Crippen LogP contribution in [0.1, 0.15) is 25.0 Å². The molecule has 0 bridgehead atoms. The first-order chi connectivity index (χ1) is 7.74. The third kappa shape index (κ3) is 3.90. The van der Waals surface area contributed by atoms with Gasteiger partial charge in [-0.05, 0) is 39.9 Å². The van der Waals surface area contributed by atoms with Crippen LogP contribution in [0, 0.1) is 0 Å². The molecular weight excluding hydrogens is 202 g/mol. The second-order valence-electron chi connectivity index (χ2n) is 4.78. The van der Waals surface area contributed by atoms with E-state index in [4.69, 9.17) is 0 Å². The summed E-state index contributed by atoms with van der Waals surface area (Å²) in [5.41, 5.74) is 1.05. The maximum absolute atomic E-state index is 4.15. The minimum Gasteiger partial charge on any atom is -0.309 e. The van der Waals surface area contributed by atoms with Gasteiger partial charge >= 0.3 is 0 Å². The summed E-state index contributed by atoms with van der Waals surface area (Å²) in [6.07, 6.45) is 5.80. The Morgan fingerprint density at radius 3 is 3.00 bits per heavy atom. The molecule has 16 heavy (non-hydrogen) atoms. The van der Waals surface area contributed by atoms with Crippen molar-refractivity contribution in [3.8, 4) is 0 Å². The van der Waals surface area contributed by atoms with Crippen molar-refractivity contribution in [2.75, 3.05) is 20.6 Å². The monoisotopic (exact) mass is 223 g/mol. The highest BCUT2D eigenvalue weighted by Crippen LogP contribution is 2.18. The van der Waals surface area contributed by atoms with Crippen molar-refractivity contribution >= 4 is 0 Å². The van der Waals surface area contributed by atoms with E-state index in [1.165, 1.54) is 12.8 Å². The van der Waals surface area contributed by atoms with Gasteiger partial charge in [-0.1, -0.05) is 5.21 Å². The van der Waals surface area contributed by atoms with E-state index < -0.39 is 0 Å². The fraction of sp³-hybridized carbons (Fsp3) is 0.818.